The monoisotopic (exact) mass is 934 g/mol. The Morgan fingerprint density at radius 1 is 0.687 bits per heavy atom. The van der Waals surface area contributed by atoms with Gasteiger partial charge >= 0.3 is 5.97 Å². The predicted molar refractivity (Wildman–Crippen MR) is 239 cm³/mol. The van der Waals surface area contributed by atoms with Gasteiger partial charge in [0.1, 0.15) is 42.4 Å². The van der Waals surface area contributed by atoms with Crippen LogP contribution in [0.2, 0.25) is 0 Å². The van der Waals surface area contributed by atoms with E-state index in [9.17, 15) is 57.8 Å². The third kappa shape index (κ3) is 17.4. The molecule has 21 nitrogen and oxygen atoms in total. The van der Waals surface area contributed by atoms with E-state index in [2.05, 4.69) is 37.2 Å². The molecule has 1 aliphatic heterocycles. The molecule has 0 saturated carbocycles. The molecule has 2 aromatic rings. The normalized spacial score (nSPS) is 22.6. The lowest BCUT2D eigenvalue weighted by Gasteiger charge is -2.31. The summed E-state index contributed by atoms with van der Waals surface area (Å²) in [5.41, 5.74) is 6.64. The van der Waals surface area contributed by atoms with Gasteiger partial charge < -0.3 is 52.8 Å². The Morgan fingerprint density at radius 3 is 1.78 bits per heavy atom. The van der Waals surface area contributed by atoms with Gasteiger partial charge in [-0.05, 0) is 56.6 Å². The lowest BCUT2D eigenvalue weighted by molar-refractivity contribution is -0.156. The number of aliphatic hydroxyl groups is 1. The second-order valence-corrected chi connectivity index (χ2v) is 17.3. The van der Waals surface area contributed by atoms with E-state index < -0.39 is 132 Å². The third-order valence-corrected chi connectivity index (χ3v) is 10.4. The number of cyclic esters (lactones) is 1. The number of rotatable bonds is 16. The molecule has 0 aliphatic carbocycles. The maximum absolute atomic E-state index is 14.2. The molecule has 0 spiro atoms. The minimum Gasteiger partial charge on any atom is -0.458 e. The molecular weight excluding hydrogens is 873 g/mol. The van der Waals surface area contributed by atoms with E-state index in [4.69, 9.17) is 10.5 Å². The van der Waals surface area contributed by atoms with Crippen molar-refractivity contribution in [1.29, 1.82) is 0 Å². The molecule has 67 heavy (non-hydrogen) atoms. The molecule has 1 fully saturated rings. The molecule has 3 rings (SSSR count). The number of aliphatic hydroxyl groups excluding tert-OH is 1. The van der Waals surface area contributed by atoms with Crippen LogP contribution < -0.4 is 43.0 Å². The van der Waals surface area contributed by atoms with Gasteiger partial charge in [0, 0.05) is 6.42 Å². The number of nitrogens with two attached hydrogens (primary N) is 1. The van der Waals surface area contributed by atoms with Crippen LogP contribution in [0.4, 0.5) is 0 Å². The van der Waals surface area contributed by atoms with Crippen molar-refractivity contribution in [3.63, 3.8) is 0 Å². The zero-order valence-corrected chi connectivity index (χ0v) is 38.6. The number of carbonyl (C=O) groups excluding carboxylic acids is 11. The number of Topliss-reactive ketones (excluding diaryl/α,β-unsaturated/α-hetero) is 2. The topological polar surface area (TPSA) is 327 Å². The fourth-order valence-electron chi connectivity index (χ4n) is 6.95. The minimum absolute atomic E-state index is 0.0376. The highest BCUT2D eigenvalue weighted by Gasteiger charge is 2.40. The predicted octanol–water partition coefficient (Wildman–Crippen LogP) is -1.68. The van der Waals surface area contributed by atoms with Crippen LogP contribution in [0.25, 0.3) is 0 Å². The fourth-order valence-corrected chi connectivity index (χ4v) is 6.95. The molecule has 2 aromatic carbocycles. The van der Waals surface area contributed by atoms with E-state index in [1.807, 2.05) is 0 Å². The number of ketones is 2. The molecule has 3 unspecified atom stereocenters. The maximum atomic E-state index is 14.2. The Kier molecular flexibility index (Phi) is 20.8. The smallest absolute Gasteiger partial charge is 0.328 e. The van der Waals surface area contributed by atoms with Crippen LogP contribution in [0.3, 0.4) is 0 Å². The molecule has 0 radical (unpaired) electrons. The first-order valence-corrected chi connectivity index (χ1v) is 21.9. The standard InChI is InChI=1S/C46H62N8O13/c1-23(2)18-30-38(58)39(59)45(65)52-31(19-24(3)4)41(61)51-33(22-34(47)56)40(60)48-25(5)46(66)67-27(7)37(44(64)50-30)54-43(63)36(26(6)55)53-42(62)32(20-28-14-10-8-11-15-28)49-35(57)21-29-16-12-9-13-17-29/h8-17,23-27,30-33,36-37,55H,18-22H2,1-7H3,(H2,47,56)(H,48,60)(H,49,57)(H,50,64)(H,51,61)(H,52,65)(H,53,62)(H,54,63)/t25-,26?,27?,30?,31+,32+,33+,36+,37+/m1/s1. The molecule has 0 aromatic heterocycles. The van der Waals surface area contributed by atoms with E-state index in [1.165, 1.54) is 6.92 Å². The van der Waals surface area contributed by atoms with Crippen LogP contribution in [-0.2, 0) is 70.3 Å². The Balaban J connectivity index is 2.03. The summed E-state index contributed by atoms with van der Waals surface area (Å²) < 4.78 is 5.52. The van der Waals surface area contributed by atoms with Gasteiger partial charge in [-0.2, -0.15) is 0 Å². The third-order valence-electron chi connectivity index (χ3n) is 10.4. The SMILES string of the molecule is CC(C)CC1NC(=O)[C@@H](NC(=O)[C@@H](NC(=O)[C@H](Cc2ccccc2)NC(=O)Cc2ccccc2)C(C)O)C(C)OC(=O)[C@@H](C)NC(=O)[C@H](CC(N)=O)NC(=O)[C@H](CC(C)C)NC(=O)C(=O)C1=O. The molecule has 8 amide bonds. The number of benzene rings is 2. The van der Waals surface area contributed by atoms with Crippen LogP contribution in [0, 0.1) is 11.8 Å². The van der Waals surface area contributed by atoms with Crippen molar-refractivity contribution >= 4 is 64.8 Å². The maximum Gasteiger partial charge on any atom is 0.328 e. The van der Waals surface area contributed by atoms with Crippen LogP contribution >= 0.6 is 0 Å². The first-order valence-electron chi connectivity index (χ1n) is 21.9. The highest BCUT2D eigenvalue weighted by Crippen LogP contribution is 2.13. The molecule has 10 N–H and O–H groups in total. The van der Waals surface area contributed by atoms with Crippen LogP contribution in [-0.4, -0.2) is 124 Å². The molecule has 1 heterocycles. The number of amides is 8. The highest BCUT2D eigenvalue weighted by atomic mass is 16.5. The van der Waals surface area contributed by atoms with Gasteiger partial charge in [-0.3, -0.25) is 47.9 Å². The summed E-state index contributed by atoms with van der Waals surface area (Å²) in [5, 5.41) is 27.5. The lowest BCUT2D eigenvalue weighted by atomic mass is 9.96. The van der Waals surface area contributed by atoms with E-state index in [0.717, 1.165) is 13.8 Å². The summed E-state index contributed by atoms with van der Waals surface area (Å²) in [7, 11) is 0. The van der Waals surface area contributed by atoms with Gasteiger partial charge in [0.05, 0.1) is 25.0 Å². The van der Waals surface area contributed by atoms with Gasteiger partial charge in [-0.15, -0.1) is 0 Å². The number of ether oxygens (including phenoxy) is 1. The Hall–Kier alpha value is -7.03. The molecule has 1 saturated heterocycles. The average molecular weight is 935 g/mol. The molecule has 364 valence electrons. The van der Waals surface area contributed by atoms with Gasteiger partial charge in [0.25, 0.3) is 11.7 Å². The zero-order chi connectivity index (χ0) is 50.1. The Labute approximate surface area is 388 Å². The zero-order valence-electron chi connectivity index (χ0n) is 38.6. The lowest BCUT2D eigenvalue weighted by Crippen LogP contribution is -2.63. The summed E-state index contributed by atoms with van der Waals surface area (Å²) in [4.78, 5) is 148. The van der Waals surface area contributed by atoms with Gasteiger partial charge in [-0.1, -0.05) is 88.4 Å². The van der Waals surface area contributed by atoms with Crippen molar-refractivity contribution in [2.24, 2.45) is 17.6 Å². The van der Waals surface area contributed by atoms with E-state index >= 15 is 0 Å². The van der Waals surface area contributed by atoms with E-state index in [0.29, 0.717) is 11.1 Å². The van der Waals surface area contributed by atoms with Crippen molar-refractivity contribution in [3.05, 3.63) is 71.8 Å². The number of nitrogens with one attached hydrogen (secondary N) is 7. The number of carbonyl (C=O) groups is 11. The first-order chi connectivity index (χ1) is 31.5. The first kappa shape index (κ1) is 54.3. The fraction of sp³-hybridized carbons (Fsp3) is 0.500. The van der Waals surface area contributed by atoms with Gasteiger partial charge in [-0.25, -0.2) is 4.79 Å². The molecule has 9 atom stereocenters. The summed E-state index contributed by atoms with van der Waals surface area (Å²) in [5.74, 6) is -13.5. The van der Waals surface area contributed by atoms with E-state index in [-0.39, 0.29) is 31.6 Å². The second kappa shape index (κ2) is 25.6. The average Bonchev–Trinajstić information content (AvgIpc) is 3.25. The summed E-state index contributed by atoms with van der Waals surface area (Å²) >= 11 is 0. The number of primary amides is 1. The highest BCUT2D eigenvalue weighted by molar-refractivity contribution is 6.64. The van der Waals surface area contributed by atoms with Crippen molar-refractivity contribution in [2.45, 2.75) is 135 Å². The molecule has 1 aliphatic rings. The van der Waals surface area contributed by atoms with Gasteiger partial charge in [0.2, 0.25) is 47.1 Å². The summed E-state index contributed by atoms with van der Waals surface area (Å²) in [6.07, 6.45) is -4.56. The number of hydrogen-bond donors (Lipinski definition) is 9. The second-order valence-electron chi connectivity index (χ2n) is 17.3. The van der Waals surface area contributed by atoms with Crippen molar-refractivity contribution in [1.82, 2.24) is 37.2 Å². The summed E-state index contributed by atoms with van der Waals surface area (Å²) in [6.45, 7) is 10.1. The van der Waals surface area contributed by atoms with Crippen LogP contribution in [0.1, 0.15) is 78.9 Å². The number of hydrogen-bond acceptors (Lipinski definition) is 13. The van der Waals surface area contributed by atoms with Crippen molar-refractivity contribution in [2.75, 3.05) is 0 Å². The molecule has 21 heteroatoms. The minimum atomic E-state index is -1.95. The summed E-state index contributed by atoms with van der Waals surface area (Å²) in [6, 6.07) is 5.80. The van der Waals surface area contributed by atoms with Gasteiger partial charge in [0.15, 0.2) is 0 Å². The Bertz CT molecular complexity index is 2130. The Morgan fingerprint density at radius 2 is 1.22 bits per heavy atom. The van der Waals surface area contributed by atoms with Crippen LogP contribution in [0.15, 0.2) is 60.7 Å². The quantitative estimate of drug-likeness (QED) is 0.0672. The molecular formula is C46H62N8O13. The van der Waals surface area contributed by atoms with Crippen molar-refractivity contribution in [3.8, 4) is 0 Å². The van der Waals surface area contributed by atoms with Crippen LogP contribution in [0.5, 0.6) is 0 Å². The largest absolute Gasteiger partial charge is 0.458 e. The molecule has 0 bridgehead atoms. The van der Waals surface area contributed by atoms with Crippen molar-refractivity contribution < 1.29 is 62.6 Å². The number of esters is 1. The van der Waals surface area contributed by atoms with E-state index in [1.54, 1.807) is 88.4 Å².